The first-order valence-corrected chi connectivity index (χ1v) is 10.1. The molecule has 162 valence electrons. The highest BCUT2D eigenvalue weighted by molar-refractivity contribution is 6.31. The van der Waals surface area contributed by atoms with Crippen LogP contribution in [0.25, 0.3) is 11.4 Å². The Labute approximate surface area is 181 Å². The summed E-state index contributed by atoms with van der Waals surface area (Å²) in [4.78, 5) is 43.1. The fourth-order valence-corrected chi connectivity index (χ4v) is 3.84. The number of nitrogens with zero attached hydrogens (tertiary/aromatic N) is 4. The monoisotopic (exact) mass is 445 g/mol. The number of halogens is 1. The standard InChI is InChI=1S/C20H20ClN5O5/c1-11-22-18(24-31-11)17-14-5-3-4-8-25(14)20(29)26(19(17)28)10-16(27)23-13-9-12(21)6-7-15(13)30-2/h6-7,9H,3-5,8,10H2,1-2H3,(H,23,27). The average Bonchev–Trinajstić information content (AvgIpc) is 3.17. The second-order valence-electron chi connectivity index (χ2n) is 7.13. The van der Waals surface area contributed by atoms with Crippen LogP contribution in [0.2, 0.25) is 5.02 Å². The molecule has 0 aliphatic carbocycles. The molecule has 1 aliphatic rings. The third kappa shape index (κ3) is 3.98. The van der Waals surface area contributed by atoms with Crippen molar-refractivity contribution in [3.05, 3.63) is 55.6 Å². The Kier molecular flexibility index (Phi) is 5.64. The predicted octanol–water partition coefficient (Wildman–Crippen LogP) is 2.01. The van der Waals surface area contributed by atoms with Gasteiger partial charge in [0, 0.05) is 24.2 Å². The number of methoxy groups -OCH3 is 1. The number of aromatic nitrogens is 4. The highest BCUT2D eigenvalue weighted by Gasteiger charge is 2.26. The number of hydrogen-bond donors (Lipinski definition) is 1. The molecular weight excluding hydrogens is 426 g/mol. The van der Waals surface area contributed by atoms with E-state index in [4.69, 9.17) is 20.9 Å². The molecule has 0 fully saturated rings. The first-order valence-electron chi connectivity index (χ1n) is 9.69. The minimum Gasteiger partial charge on any atom is -0.495 e. The second kappa shape index (κ2) is 8.38. The number of amides is 1. The lowest BCUT2D eigenvalue weighted by Crippen LogP contribution is -2.45. The van der Waals surface area contributed by atoms with Gasteiger partial charge in [-0.25, -0.2) is 4.79 Å². The molecule has 0 radical (unpaired) electrons. The van der Waals surface area contributed by atoms with Gasteiger partial charge in [-0.1, -0.05) is 16.8 Å². The third-order valence-electron chi connectivity index (χ3n) is 5.07. The zero-order valence-corrected chi connectivity index (χ0v) is 17.7. The van der Waals surface area contributed by atoms with E-state index < -0.39 is 23.7 Å². The van der Waals surface area contributed by atoms with Crippen molar-refractivity contribution in [3.63, 3.8) is 0 Å². The predicted molar refractivity (Wildman–Crippen MR) is 113 cm³/mol. The first kappa shape index (κ1) is 20.9. The van der Waals surface area contributed by atoms with Crippen LogP contribution in [0.1, 0.15) is 24.4 Å². The van der Waals surface area contributed by atoms with Crippen LogP contribution in [0, 0.1) is 6.92 Å². The molecule has 0 atom stereocenters. The molecule has 1 aromatic carbocycles. The molecule has 31 heavy (non-hydrogen) atoms. The maximum atomic E-state index is 13.2. The Morgan fingerprint density at radius 1 is 1.32 bits per heavy atom. The van der Waals surface area contributed by atoms with Crippen LogP contribution in [0.4, 0.5) is 5.69 Å². The van der Waals surface area contributed by atoms with Crippen molar-refractivity contribution in [3.8, 4) is 17.1 Å². The molecule has 3 aromatic rings. The summed E-state index contributed by atoms with van der Waals surface area (Å²) in [6.45, 7) is 1.57. The highest BCUT2D eigenvalue weighted by atomic mass is 35.5. The molecule has 0 unspecified atom stereocenters. The van der Waals surface area contributed by atoms with Crippen molar-refractivity contribution in [1.82, 2.24) is 19.3 Å². The number of benzene rings is 1. The highest BCUT2D eigenvalue weighted by Crippen LogP contribution is 2.27. The summed E-state index contributed by atoms with van der Waals surface area (Å²) < 4.78 is 12.7. The lowest BCUT2D eigenvalue weighted by molar-refractivity contribution is -0.116. The van der Waals surface area contributed by atoms with Crippen molar-refractivity contribution in [2.45, 2.75) is 39.3 Å². The van der Waals surface area contributed by atoms with Crippen molar-refractivity contribution in [1.29, 1.82) is 0 Å². The molecule has 0 saturated heterocycles. The molecule has 1 amide bonds. The summed E-state index contributed by atoms with van der Waals surface area (Å²) in [5.74, 6) is 0.230. The summed E-state index contributed by atoms with van der Waals surface area (Å²) >= 11 is 6.00. The van der Waals surface area contributed by atoms with Gasteiger partial charge in [0.1, 0.15) is 17.9 Å². The van der Waals surface area contributed by atoms with Gasteiger partial charge in [0.05, 0.1) is 12.8 Å². The normalized spacial score (nSPS) is 13.0. The maximum Gasteiger partial charge on any atom is 0.331 e. The lowest BCUT2D eigenvalue weighted by atomic mass is 10.0. The lowest BCUT2D eigenvalue weighted by Gasteiger charge is -2.21. The van der Waals surface area contributed by atoms with Crippen molar-refractivity contribution in [2.24, 2.45) is 0 Å². The van der Waals surface area contributed by atoms with Gasteiger partial charge in [-0.15, -0.1) is 0 Å². The molecule has 3 heterocycles. The molecule has 1 N–H and O–H groups in total. The van der Waals surface area contributed by atoms with Crippen molar-refractivity contribution < 1.29 is 14.1 Å². The number of aryl methyl sites for hydroxylation is 1. The van der Waals surface area contributed by atoms with E-state index in [9.17, 15) is 14.4 Å². The minimum atomic E-state index is -0.632. The van der Waals surface area contributed by atoms with Gasteiger partial charge in [-0.3, -0.25) is 18.7 Å². The van der Waals surface area contributed by atoms with Crippen LogP contribution >= 0.6 is 11.6 Å². The fourth-order valence-electron chi connectivity index (χ4n) is 3.67. The van der Waals surface area contributed by atoms with E-state index in [-0.39, 0.29) is 11.4 Å². The number of carbonyl (C=O) groups excluding carboxylic acids is 1. The van der Waals surface area contributed by atoms with Gasteiger partial charge in [0.25, 0.3) is 5.56 Å². The number of ether oxygens (including phenoxy) is 1. The Morgan fingerprint density at radius 2 is 2.13 bits per heavy atom. The fraction of sp³-hybridized carbons (Fsp3) is 0.350. The van der Waals surface area contributed by atoms with Crippen LogP contribution in [0.3, 0.4) is 0 Å². The Hall–Kier alpha value is -3.40. The summed E-state index contributed by atoms with van der Waals surface area (Å²) in [6.07, 6.45) is 2.17. The third-order valence-corrected chi connectivity index (χ3v) is 5.30. The van der Waals surface area contributed by atoms with Crippen molar-refractivity contribution in [2.75, 3.05) is 12.4 Å². The van der Waals surface area contributed by atoms with Gasteiger partial charge in [0.15, 0.2) is 0 Å². The van der Waals surface area contributed by atoms with Gasteiger partial charge in [-0.05, 0) is 37.5 Å². The smallest absolute Gasteiger partial charge is 0.331 e. The van der Waals surface area contributed by atoms with Gasteiger partial charge in [-0.2, -0.15) is 4.98 Å². The summed E-state index contributed by atoms with van der Waals surface area (Å²) in [5.41, 5.74) is -0.0938. The SMILES string of the molecule is COc1ccc(Cl)cc1NC(=O)Cn1c(=O)c(-c2noc(C)n2)c2n(c1=O)CCCC2. The minimum absolute atomic E-state index is 0.110. The number of rotatable bonds is 5. The molecule has 0 spiro atoms. The number of fused-ring (bicyclic) bond motifs is 1. The van der Waals surface area contributed by atoms with E-state index in [2.05, 4.69) is 15.5 Å². The van der Waals surface area contributed by atoms with Gasteiger partial charge < -0.3 is 14.6 Å². The largest absolute Gasteiger partial charge is 0.495 e. The molecule has 1 aliphatic heterocycles. The van der Waals surface area contributed by atoms with E-state index >= 15 is 0 Å². The van der Waals surface area contributed by atoms with Crippen LogP contribution in [-0.2, 0) is 24.3 Å². The zero-order valence-electron chi connectivity index (χ0n) is 17.0. The number of carbonyl (C=O) groups is 1. The molecule has 0 saturated carbocycles. The van der Waals surface area contributed by atoms with Crippen LogP contribution in [0.5, 0.6) is 5.75 Å². The topological polar surface area (TPSA) is 121 Å². The van der Waals surface area contributed by atoms with Crippen LogP contribution in [-0.4, -0.2) is 32.3 Å². The Morgan fingerprint density at radius 3 is 2.84 bits per heavy atom. The van der Waals surface area contributed by atoms with E-state index in [1.54, 1.807) is 19.1 Å². The number of anilines is 1. The molecule has 4 rings (SSSR count). The first-order chi connectivity index (χ1) is 14.9. The number of hydrogen-bond acceptors (Lipinski definition) is 7. The van der Waals surface area contributed by atoms with E-state index in [0.717, 1.165) is 17.4 Å². The van der Waals surface area contributed by atoms with Gasteiger partial charge >= 0.3 is 5.69 Å². The summed E-state index contributed by atoms with van der Waals surface area (Å²) in [5, 5.41) is 6.90. The molecule has 0 bridgehead atoms. The van der Waals surface area contributed by atoms with E-state index in [1.807, 2.05) is 0 Å². The summed E-state index contributed by atoms with van der Waals surface area (Å²) in [7, 11) is 1.46. The van der Waals surface area contributed by atoms with E-state index in [0.29, 0.717) is 41.0 Å². The quantitative estimate of drug-likeness (QED) is 0.637. The maximum absolute atomic E-state index is 13.2. The van der Waals surface area contributed by atoms with E-state index in [1.165, 1.54) is 17.7 Å². The molecule has 11 heteroatoms. The average molecular weight is 446 g/mol. The summed E-state index contributed by atoms with van der Waals surface area (Å²) in [6, 6.07) is 4.75. The second-order valence-corrected chi connectivity index (χ2v) is 7.57. The molecule has 10 nitrogen and oxygen atoms in total. The Balaban J connectivity index is 1.75. The molecular formula is C20H20ClN5O5. The Bertz CT molecular complexity index is 1280. The zero-order chi connectivity index (χ0) is 22.1. The number of nitrogens with one attached hydrogen (secondary N) is 1. The van der Waals surface area contributed by atoms with Crippen LogP contribution in [0.15, 0.2) is 32.3 Å². The van der Waals surface area contributed by atoms with Gasteiger partial charge in [0.2, 0.25) is 17.6 Å². The molecule has 2 aromatic heterocycles. The van der Waals surface area contributed by atoms with Crippen LogP contribution < -0.4 is 21.3 Å². The van der Waals surface area contributed by atoms with Crippen molar-refractivity contribution >= 4 is 23.2 Å².